The van der Waals surface area contributed by atoms with Gasteiger partial charge < -0.3 is 15.2 Å². The maximum atomic E-state index is 12.0. The quantitative estimate of drug-likeness (QED) is 0.652. The van der Waals surface area contributed by atoms with E-state index in [9.17, 15) is 18.0 Å². The zero-order valence-corrected chi connectivity index (χ0v) is 14.9. The van der Waals surface area contributed by atoms with Crippen molar-refractivity contribution in [1.82, 2.24) is 0 Å². The van der Waals surface area contributed by atoms with E-state index in [1.165, 1.54) is 46.1 Å². The highest BCUT2D eigenvalue weighted by atomic mass is 32.2. The lowest BCUT2D eigenvalue weighted by atomic mass is 9.89. The minimum absolute atomic E-state index is 0.0844. The molecule has 0 radical (unpaired) electrons. The fourth-order valence-corrected chi connectivity index (χ4v) is 2.42. The van der Waals surface area contributed by atoms with Gasteiger partial charge in [0.2, 0.25) is 15.9 Å². The summed E-state index contributed by atoms with van der Waals surface area (Å²) in [5.41, 5.74) is -0.564. The SMILES string of the molecule is CCS(=O)(=O)Nc1ccc(NC(=O)CC(C)(C)C(=O)O)cc1OC. The number of aliphatic carboxylic acids is 1. The third kappa shape index (κ3) is 5.41. The molecule has 0 bridgehead atoms. The molecule has 24 heavy (non-hydrogen) atoms. The normalized spacial score (nSPS) is 11.7. The molecule has 1 aromatic carbocycles. The Morgan fingerprint density at radius 2 is 1.92 bits per heavy atom. The van der Waals surface area contributed by atoms with Gasteiger partial charge in [-0.05, 0) is 32.9 Å². The van der Waals surface area contributed by atoms with Crippen molar-refractivity contribution in [3.63, 3.8) is 0 Å². The Morgan fingerprint density at radius 1 is 1.29 bits per heavy atom. The molecule has 0 fully saturated rings. The highest BCUT2D eigenvalue weighted by Gasteiger charge is 2.30. The second-order valence-electron chi connectivity index (χ2n) is 5.83. The molecule has 1 amide bonds. The Morgan fingerprint density at radius 3 is 2.42 bits per heavy atom. The van der Waals surface area contributed by atoms with E-state index in [4.69, 9.17) is 9.84 Å². The van der Waals surface area contributed by atoms with Crippen LogP contribution in [0.25, 0.3) is 0 Å². The largest absolute Gasteiger partial charge is 0.494 e. The van der Waals surface area contributed by atoms with E-state index in [0.29, 0.717) is 5.69 Å². The zero-order valence-electron chi connectivity index (χ0n) is 14.0. The summed E-state index contributed by atoms with van der Waals surface area (Å²) in [5, 5.41) is 11.6. The van der Waals surface area contributed by atoms with Gasteiger partial charge in [-0.1, -0.05) is 0 Å². The van der Waals surface area contributed by atoms with Crippen LogP contribution in [0.1, 0.15) is 27.2 Å². The molecule has 1 aromatic rings. The number of amides is 1. The highest BCUT2D eigenvalue weighted by molar-refractivity contribution is 7.92. The summed E-state index contributed by atoms with van der Waals surface area (Å²) in [5.74, 6) is -1.38. The first-order chi connectivity index (χ1) is 11.0. The van der Waals surface area contributed by atoms with Crippen molar-refractivity contribution in [3.8, 4) is 5.75 Å². The second kappa shape index (κ2) is 7.52. The van der Waals surface area contributed by atoms with Crippen LogP contribution in [0.4, 0.5) is 11.4 Å². The molecule has 0 atom stereocenters. The Bertz CT molecular complexity index is 727. The van der Waals surface area contributed by atoms with Crippen molar-refractivity contribution in [1.29, 1.82) is 0 Å². The number of carbonyl (C=O) groups is 2. The van der Waals surface area contributed by atoms with Gasteiger partial charge in [0.05, 0.1) is 24.0 Å². The minimum atomic E-state index is -3.46. The van der Waals surface area contributed by atoms with E-state index in [1.54, 1.807) is 0 Å². The fraction of sp³-hybridized carbons (Fsp3) is 0.467. The van der Waals surface area contributed by atoms with Crippen molar-refractivity contribution in [3.05, 3.63) is 18.2 Å². The number of carboxylic acid groups (broad SMARTS) is 1. The third-order valence-corrected chi connectivity index (χ3v) is 4.60. The van der Waals surface area contributed by atoms with Gasteiger partial charge in [0.15, 0.2) is 0 Å². The molecule has 9 heteroatoms. The lowest BCUT2D eigenvalue weighted by Gasteiger charge is -2.18. The number of anilines is 2. The second-order valence-corrected chi connectivity index (χ2v) is 7.85. The third-order valence-electron chi connectivity index (χ3n) is 3.31. The number of sulfonamides is 1. The van der Waals surface area contributed by atoms with Crippen LogP contribution in [0.15, 0.2) is 18.2 Å². The fourth-order valence-electron chi connectivity index (χ4n) is 1.78. The number of methoxy groups -OCH3 is 1. The predicted molar refractivity (Wildman–Crippen MR) is 90.7 cm³/mol. The van der Waals surface area contributed by atoms with E-state index in [0.717, 1.165) is 0 Å². The van der Waals surface area contributed by atoms with E-state index in [2.05, 4.69) is 10.0 Å². The standard InChI is InChI=1S/C15H22N2O6S/c1-5-24(21,22)17-11-7-6-10(8-12(11)23-4)16-13(18)9-15(2,3)14(19)20/h6-8,17H,5,9H2,1-4H3,(H,16,18)(H,19,20). The minimum Gasteiger partial charge on any atom is -0.494 e. The number of benzene rings is 1. The lowest BCUT2D eigenvalue weighted by molar-refractivity contribution is -0.148. The monoisotopic (exact) mass is 358 g/mol. The van der Waals surface area contributed by atoms with Gasteiger partial charge in [-0.15, -0.1) is 0 Å². The maximum absolute atomic E-state index is 12.0. The smallest absolute Gasteiger partial charge is 0.309 e. The van der Waals surface area contributed by atoms with Crippen LogP contribution < -0.4 is 14.8 Å². The lowest BCUT2D eigenvalue weighted by Crippen LogP contribution is -2.29. The van der Waals surface area contributed by atoms with Gasteiger partial charge in [0.1, 0.15) is 5.75 Å². The zero-order chi connectivity index (χ0) is 18.5. The number of carboxylic acids is 1. The molecule has 1 rings (SSSR count). The topological polar surface area (TPSA) is 122 Å². The Balaban J connectivity index is 2.92. The van der Waals surface area contributed by atoms with Crippen LogP contribution in [-0.2, 0) is 19.6 Å². The molecule has 0 saturated heterocycles. The van der Waals surface area contributed by atoms with Gasteiger partial charge in [0.25, 0.3) is 0 Å². The number of hydrogen-bond donors (Lipinski definition) is 3. The molecule has 0 aliphatic rings. The Labute approximate surface area is 141 Å². The molecular weight excluding hydrogens is 336 g/mol. The van der Waals surface area contributed by atoms with Crippen LogP contribution in [0.3, 0.4) is 0 Å². The first-order valence-corrected chi connectivity index (χ1v) is 8.87. The average molecular weight is 358 g/mol. The maximum Gasteiger partial charge on any atom is 0.309 e. The number of ether oxygens (including phenoxy) is 1. The van der Waals surface area contributed by atoms with Crippen LogP contribution in [0, 0.1) is 5.41 Å². The first kappa shape index (κ1) is 19.8. The Kier molecular flexibility index (Phi) is 6.19. The Hall–Kier alpha value is -2.29. The van der Waals surface area contributed by atoms with Gasteiger partial charge in [-0.25, -0.2) is 8.42 Å². The summed E-state index contributed by atoms with van der Waals surface area (Å²) in [6, 6.07) is 4.42. The summed E-state index contributed by atoms with van der Waals surface area (Å²) in [7, 11) is -2.08. The highest BCUT2D eigenvalue weighted by Crippen LogP contribution is 2.29. The summed E-state index contributed by atoms with van der Waals surface area (Å²) in [6.07, 6.45) is -0.200. The van der Waals surface area contributed by atoms with E-state index in [-0.39, 0.29) is 23.6 Å². The number of hydrogen-bond acceptors (Lipinski definition) is 5. The first-order valence-electron chi connectivity index (χ1n) is 7.22. The molecule has 0 heterocycles. The van der Waals surface area contributed by atoms with Gasteiger partial charge >= 0.3 is 5.97 Å². The summed E-state index contributed by atoms with van der Waals surface area (Å²) < 4.78 is 30.8. The average Bonchev–Trinajstić information content (AvgIpc) is 2.47. The molecule has 134 valence electrons. The molecule has 3 N–H and O–H groups in total. The van der Waals surface area contributed by atoms with Crippen molar-refractivity contribution in [2.45, 2.75) is 27.2 Å². The van der Waals surface area contributed by atoms with Crippen LogP contribution in [0.2, 0.25) is 0 Å². The molecule has 0 spiro atoms. The molecule has 0 aliphatic heterocycles. The van der Waals surface area contributed by atoms with Crippen molar-refractivity contribution < 1.29 is 27.9 Å². The number of nitrogens with one attached hydrogen (secondary N) is 2. The van der Waals surface area contributed by atoms with Crippen molar-refractivity contribution in [2.75, 3.05) is 22.9 Å². The summed E-state index contributed by atoms with van der Waals surface area (Å²) in [4.78, 5) is 23.0. The van der Waals surface area contributed by atoms with E-state index in [1.807, 2.05) is 0 Å². The number of rotatable bonds is 8. The molecule has 0 aromatic heterocycles. The van der Waals surface area contributed by atoms with Gasteiger partial charge in [0, 0.05) is 18.2 Å². The van der Waals surface area contributed by atoms with Crippen LogP contribution in [-0.4, -0.2) is 38.3 Å². The van der Waals surface area contributed by atoms with E-state index < -0.39 is 27.3 Å². The van der Waals surface area contributed by atoms with E-state index >= 15 is 0 Å². The molecule has 0 saturated carbocycles. The summed E-state index contributed by atoms with van der Waals surface area (Å²) >= 11 is 0. The number of carbonyl (C=O) groups excluding carboxylic acids is 1. The predicted octanol–water partition coefficient (Wildman–Crippen LogP) is 1.90. The molecule has 8 nitrogen and oxygen atoms in total. The van der Waals surface area contributed by atoms with Crippen LogP contribution >= 0.6 is 0 Å². The van der Waals surface area contributed by atoms with Gasteiger partial charge in [-0.3, -0.25) is 14.3 Å². The van der Waals surface area contributed by atoms with Crippen molar-refractivity contribution >= 4 is 33.3 Å². The van der Waals surface area contributed by atoms with Gasteiger partial charge in [-0.2, -0.15) is 0 Å². The summed E-state index contributed by atoms with van der Waals surface area (Å²) in [6.45, 7) is 4.42. The molecule has 0 unspecified atom stereocenters. The van der Waals surface area contributed by atoms with Crippen LogP contribution in [0.5, 0.6) is 5.75 Å². The van der Waals surface area contributed by atoms with Crippen molar-refractivity contribution in [2.24, 2.45) is 5.41 Å². The molecule has 0 aliphatic carbocycles. The molecular formula is C15H22N2O6S.